The number of nitriles is 2. The molecule has 0 bridgehead atoms. The zero-order chi connectivity index (χ0) is 14.4. The van der Waals surface area contributed by atoms with Crippen molar-refractivity contribution in [1.82, 2.24) is 0 Å². The fourth-order valence-electron chi connectivity index (χ4n) is 1.38. The van der Waals surface area contributed by atoms with Gasteiger partial charge in [-0.25, -0.2) is 9.18 Å². The lowest BCUT2D eigenvalue weighted by atomic mass is 9.99. The molecule has 0 aliphatic rings. The van der Waals surface area contributed by atoms with E-state index in [1.165, 1.54) is 13.0 Å². The van der Waals surface area contributed by atoms with Crippen LogP contribution in [0.4, 0.5) is 4.39 Å². The number of alkyl halides is 1. The van der Waals surface area contributed by atoms with Crippen molar-refractivity contribution in [2.24, 2.45) is 0 Å². The Kier molecular flexibility index (Phi) is 4.73. The van der Waals surface area contributed by atoms with E-state index < -0.39 is 17.9 Å². The summed E-state index contributed by atoms with van der Waals surface area (Å²) in [4.78, 5) is 22.9. The number of carbonyl (C=O) groups excluding carboxylic acids is 2. The van der Waals surface area contributed by atoms with Crippen LogP contribution in [0.25, 0.3) is 0 Å². The SMILES string of the molecule is CCOC(=O)C(F)C(=O)c1ccc(C#N)cc1C#N. The molecule has 0 aromatic heterocycles. The number of hydrogen-bond donors (Lipinski definition) is 0. The molecule has 0 fully saturated rings. The van der Waals surface area contributed by atoms with Gasteiger partial charge in [-0.2, -0.15) is 10.5 Å². The average Bonchev–Trinajstić information content (AvgIpc) is 2.45. The van der Waals surface area contributed by atoms with Crippen LogP contribution in [0.2, 0.25) is 0 Å². The van der Waals surface area contributed by atoms with E-state index in [0.717, 1.165) is 12.1 Å². The van der Waals surface area contributed by atoms with Gasteiger partial charge in [0.05, 0.1) is 29.9 Å². The summed E-state index contributed by atoms with van der Waals surface area (Å²) in [6.07, 6.45) is -2.47. The largest absolute Gasteiger partial charge is 0.463 e. The molecule has 1 unspecified atom stereocenters. The monoisotopic (exact) mass is 260 g/mol. The highest BCUT2D eigenvalue weighted by molar-refractivity contribution is 6.12. The summed E-state index contributed by atoms with van der Waals surface area (Å²) >= 11 is 0. The topological polar surface area (TPSA) is 90.9 Å². The van der Waals surface area contributed by atoms with Gasteiger partial charge in [0.15, 0.2) is 0 Å². The molecule has 19 heavy (non-hydrogen) atoms. The molecule has 1 rings (SSSR count). The summed E-state index contributed by atoms with van der Waals surface area (Å²) < 4.78 is 18.0. The minimum absolute atomic E-state index is 0.0506. The van der Waals surface area contributed by atoms with Crippen molar-refractivity contribution in [2.45, 2.75) is 13.1 Å². The summed E-state index contributed by atoms with van der Waals surface area (Å²) in [6.45, 7) is 1.43. The highest BCUT2D eigenvalue weighted by atomic mass is 19.1. The Hall–Kier alpha value is -2.73. The second kappa shape index (κ2) is 6.27. The molecule has 96 valence electrons. The van der Waals surface area contributed by atoms with Crippen LogP contribution in [0.5, 0.6) is 0 Å². The lowest BCUT2D eigenvalue weighted by molar-refractivity contribution is -0.147. The molecule has 1 aromatic carbocycles. The van der Waals surface area contributed by atoms with Crippen LogP contribution in [0.1, 0.15) is 28.4 Å². The van der Waals surface area contributed by atoms with E-state index in [-0.39, 0.29) is 23.3 Å². The molecule has 0 heterocycles. The van der Waals surface area contributed by atoms with Crippen LogP contribution in [-0.4, -0.2) is 24.5 Å². The van der Waals surface area contributed by atoms with Gasteiger partial charge in [-0.1, -0.05) is 0 Å². The number of ether oxygens (including phenoxy) is 1. The van der Waals surface area contributed by atoms with Crippen LogP contribution in [0, 0.1) is 22.7 Å². The first-order valence-corrected chi connectivity index (χ1v) is 5.34. The van der Waals surface area contributed by atoms with E-state index in [1.54, 1.807) is 12.1 Å². The molecule has 6 heteroatoms. The molecule has 1 atom stereocenters. The normalized spacial score (nSPS) is 10.9. The first kappa shape index (κ1) is 14.3. The molecule has 0 aliphatic carbocycles. The Labute approximate surface area is 108 Å². The third kappa shape index (κ3) is 3.14. The van der Waals surface area contributed by atoms with Crippen molar-refractivity contribution in [3.63, 3.8) is 0 Å². The third-order valence-corrected chi connectivity index (χ3v) is 2.26. The minimum Gasteiger partial charge on any atom is -0.463 e. The number of esters is 1. The van der Waals surface area contributed by atoms with Crippen LogP contribution < -0.4 is 0 Å². The van der Waals surface area contributed by atoms with Gasteiger partial charge in [-0.15, -0.1) is 0 Å². The van der Waals surface area contributed by atoms with E-state index in [1.807, 2.05) is 0 Å². The Morgan fingerprint density at radius 2 is 2.05 bits per heavy atom. The lowest BCUT2D eigenvalue weighted by Crippen LogP contribution is -2.28. The molecule has 0 saturated carbocycles. The van der Waals surface area contributed by atoms with E-state index in [2.05, 4.69) is 4.74 Å². The molecule has 0 spiro atoms. The number of Topliss-reactive ketones (excluding diaryl/α,β-unsaturated/α-hetero) is 1. The van der Waals surface area contributed by atoms with Gasteiger partial charge in [0.2, 0.25) is 5.78 Å². The number of halogens is 1. The summed E-state index contributed by atoms with van der Waals surface area (Å²) in [5.41, 5.74) is -0.238. The molecule has 5 nitrogen and oxygen atoms in total. The quantitative estimate of drug-likeness (QED) is 0.465. The van der Waals surface area contributed by atoms with Gasteiger partial charge in [-0.05, 0) is 25.1 Å². The molecule has 0 N–H and O–H groups in total. The molecule has 0 radical (unpaired) electrons. The number of benzene rings is 1. The minimum atomic E-state index is -2.47. The second-order valence-corrected chi connectivity index (χ2v) is 3.46. The van der Waals surface area contributed by atoms with Gasteiger partial charge in [0.25, 0.3) is 6.17 Å². The predicted molar refractivity (Wildman–Crippen MR) is 61.7 cm³/mol. The van der Waals surface area contributed by atoms with Crippen molar-refractivity contribution in [2.75, 3.05) is 6.61 Å². The maximum atomic E-state index is 13.6. The highest BCUT2D eigenvalue weighted by Crippen LogP contribution is 2.15. The Balaban J connectivity index is 3.11. The summed E-state index contributed by atoms with van der Waals surface area (Å²) in [5, 5.41) is 17.5. The molecule has 0 saturated heterocycles. The predicted octanol–water partition coefficient (Wildman–Crippen LogP) is 1.51. The van der Waals surface area contributed by atoms with Crippen molar-refractivity contribution >= 4 is 11.8 Å². The van der Waals surface area contributed by atoms with E-state index in [0.29, 0.717) is 0 Å². The van der Waals surface area contributed by atoms with Crippen molar-refractivity contribution < 1.29 is 18.7 Å². The van der Waals surface area contributed by atoms with Crippen molar-refractivity contribution in [3.8, 4) is 12.1 Å². The van der Waals surface area contributed by atoms with Crippen LogP contribution in [-0.2, 0) is 9.53 Å². The van der Waals surface area contributed by atoms with Gasteiger partial charge < -0.3 is 4.74 Å². The van der Waals surface area contributed by atoms with Gasteiger partial charge >= 0.3 is 5.97 Å². The van der Waals surface area contributed by atoms with Crippen LogP contribution in [0.15, 0.2) is 18.2 Å². The fraction of sp³-hybridized carbons (Fsp3) is 0.231. The Morgan fingerprint density at radius 1 is 1.37 bits per heavy atom. The zero-order valence-corrected chi connectivity index (χ0v) is 10.0. The van der Waals surface area contributed by atoms with Gasteiger partial charge in [0.1, 0.15) is 0 Å². The van der Waals surface area contributed by atoms with Crippen LogP contribution >= 0.6 is 0 Å². The summed E-state index contributed by atoms with van der Waals surface area (Å²) in [5.74, 6) is -2.44. The average molecular weight is 260 g/mol. The number of carbonyl (C=O) groups is 2. The van der Waals surface area contributed by atoms with E-state index in [4.69, 9.17) is 10.5 Å². The van der Waals surface area contributed by atoms with E-state index in [9.17, 15) is 14.0 Å². The van der Waals surface area contributed by atoms with Crippen molar-refractivity contribution in [3.05, 3.63) is 34.9 Å². The number of ketones is 1. The highest BCUT2D eigenvalue weighted by Gasteiger charge is 2.30. The zero-order valence-electron chi connectivity index (χ0n) is 10.0. The van der Waals surface area contributed by atoms with Crippen LogP contribution in [0.3, 0.4) is 0 Å². The summed E-state index contributed by atoms with van der Waals surface area (Å²) in [6, 6.07) is 7.05. The van der Waals surface area contributed by atoms with Crippen molar-refractivity contribution in [1.29, 1.82) is 10.5 Å². The molecular formula is C13H9FN2O3. The van der Waals surface area contributed by atoms with E-state index >= 15 is 0 Å². The fourth-order valence-corrected chi connectivity index (χ4v) is 1.38. The number of hydrogen-bond acceptors (Lipinski definition) is 5. The Morgan fingerprint density at radius 3 is 2.58 bits per heavy atom. The first-order valence-electron chi connectivity index (χ1n) is 5.34. The molecule has 0 amide bonds. The Bertz CT molecular complexity index is 599. The second-order valence-electron chi connectivity index (χ2n) is 3.46. The standard InChI is InChI=1S/C13H9FN2O3/c1-2-19-13(18)11(14)12(17)10-4-3-8(6-15)5-9(10)7-16/h3-5,11H,2H2,1H3. The smallest absolute Gasteiger partial charge is 0.349 e. The molecule has 0 aliphatic heterocycles. The third-order valence-electron chi connectivity index (χ3n) is 2.26. The maximum absolute atomic E-state index is 13.6. The van der Waals surface area contributed by atoms with Gasteiger partial charge in [-0.3, -0.25) is 4.79 Å². The first-order chi connectivity index (χ1) is 9.04. The number of nitrogens with zero attached hydrogens (tertiary/aromatic N) is 2. The lowest BCUT2D eigenvalue weighted by Gasteiger charge is -2.08. The number of rotatable bonds is 4. The maximum Gasteiger partial charge on any atom is 0.349 e. The summed E-state index contributed by atoms with van der Waals surface area (Å²) in [7, 11) is 0. The molecular weight excluding hydrogens is 251 g/mol. The molecule has 1 aromatic rings. The van der Waals surface area contributed by atoms with Gasteiger partial charge in [0, 0.05) is 5.56 Å².